The van der Waals surface area contributed by atoms with Gasteiger partial charge in [-0.2, -0.15) is 0 Å². The smallest absolute Gasteiger partial charge is 0.337 e. The average molecular weight is 335 g/mol. The molecule has 1 N–H and O–H groups in total. The molecule has 1 aromatic rings. The van der Waals surface area contributed by atoms with Gasteiger partial charge in [0.2, 0.25) is 0 Å². The molecule has 0 aromatic heterocycles. The molecule has 0 aliphatic carbocycles. The minimum atomic E-state index is -0.902. The van der Waals surface area contributed by atoms with Gasteiger partial charge >= 0.3 is 11.9 Å². The van der Waals surface area contributed by atoms with Crippen molar-refractivity contribution in [2.24, 2.45) is 0 Å². The van der Waals surface area contributed by atoms with E-state index in [1.807, 2.05) is 0 Å². The first-order valence-corrected chi connectivity index (χ1v) is 7.31. The summed E-state index contributed by atoms with van der Waals surface area (Å²) in [5.74, 6) is -1.46. The number of hydrogen-bond acceptors (Lipinski definition) is 6. The van der Waals surface area contributed by atoms with Gasteiger partial charge in [0.15, 0.2) is 6.10 Å². The van der Waals surface area contributed by atoms with E-state index in [4.69, 9.17) is 9.47 Å². The lowest BCUT2D eigenvalue weighted by molar-refractivity contribution is -0.150. The highest BCUT2D eigenvalue weighted by Crippen LogP contribution is 2.07. The van der Waals surface area contributed by atoms with Crippen molar-refractivity contribution in [3.8, 4) is 0 Å². The molecule has 1 amide bonds. The summed E-state index contributed by atoms with van der Waals surface area (Å²) < 4.78 is 14.4. The van der Waals surface area contributed by atoms with Crippen LogP contribution in [0.1, 0.15) is 22.8 Å². The van der Waals surface area contributed by atoms with E-state index >= 15 is 0 Å². The van der Waals surface area contributed by atoms with E-state index in [1.165, 1.54) is 33.3 Å². The molecule has 1 atom stereocenters. The first-order valence-electron chi connectivity index (χ1n) is 7.31. The average Bonchev–Trinajstić information content (AvgIpc) is 2.59. The van der Waals surface area contributed by atoms with Crippen molar-refractivity contribution in [1.82, 2.24) is 5.32 Å². The monoisotopic (exact) mass is 335 g/mol. The zero-order valence-electron chi connectivity index (χ0n) is 13.9. The Morgan fingerprint density at radius 3 is 2.42 bits per heavy atom. The first kappa shape index (κ1) is 19.4. The van der Waals surface area contributed by atoms with Crippen LogP contribution in [0.2, 0.25) is 0 Å². The zero-order valence-corrected chi connectivity index (χ0v) is 13.9. The Morgan fingerprint density at radius 2 is 1.83 bits per heavy atom. The molecule has 1 rings (SSSR count). The third kappa shape index (κ3) is 6.62. The number of carbonyl (C=O) groups is 3. The van der Waals surface area contributed by atoms with E-state index in [-0.39, 0.29) is 0 Å². The topological polar surface area (TPSA) is 90.9 Å². The Balaban J connectivity index is 2.50. The lowest BCUT2D eigenvalue weighted by Crippen LogP contribution is -2.37. The normalized spacial score (nSPS) is 11.8. The summed E-state index contributed by atoms with van der Waals surface area (Å²) in [4.78, 5) is 34.7. The van der Waals surface area contributed by atoms with E-state index in [0.717, 1.165) is 0 Å². The van der Waals surface area contributed by atoms with Gasteiger partial charge in [-0.05, 0) is 30.7 Å². The molecule has 24 heavy (non-hydrogen) atoms. The number of benzene rings is 1. The summed E-state index contributed by atoms with van der Waals surface area (Å²) in [6.07, 6.45) is 1.84. The molecule has 7 heteroatoms. The maximum atomic E-state index is 11.7. The standard InChI is InChI=1S/C17H21NO6/c1-12(16(20)18-10-11-22-2)24-15(19)9-6-13-4-7-14(8-5-13)17(21)23-3/h4-9,12H,10-11H2,1-3H3,(H,18,20)/b9-6+/t12-/m0/s1. The van der Waals surface area contributed by atoms with Gasteiger partial charge in [0, 0.05) is 19.7 Å². The molecule has 0 aliphatic rings. The quantitative estimate of drug-likeness (QED) is 0.436. The molecular weight excluding hydrogens is 314 g/mol. The van der Waals surface area contributed by atoms with Gasteiger partial charge in [0.1, 0.15) is 0 Å². The number of methoxy groups -OCH3 is 2. The molecule has 0 spiro atoms. The number of amides is 1. The number of ether oxygens (including phenoxy) is 3. The van der Waals surface area contributed by atoms with Crippen molar-refractivity contribution in [3.05, 3.63) is 41.5 Å². The maximum absolute atomic E-state index is 11.7. The number of hydrogen-bond donors (Lipinski definition) is 1. The fourth-order valence-corrected chi connectivity index (χ4v) is 1.70. The minimum absolute atomic E-state index is 0.347. The van der Waals surface area contributed by atoms with E-state index in [1.54, 1.807) is 24.3 Å². The molecule has 1 aromatic carbocycles. The predicted molar refractivity (Wildman–Crippen MR) is 87.3 cm³/mol. The Labute approximate surface area is 140 Å². The van der Waals surface area contributed by atoms with Crippen LogP contribution >= 0.6 is 0 Å². The highest BCUT2D eigenvalue weighted by Gasteiger charge is 2.15. The predicted octanol–water partition coefficient (Wildman–Crippen LogP) is 1.18. The Bertz CT molecular complexity index is 594. The molecule has 0 saturated carbocycles. The minimum Gasteiger partial charge on any atom is -0.465 e. The van der Waals surface area contributed by atoms with Gasteiger partial charge in [0.25, 0.3) is 5.91 Å². The molecule has 7 nitrogen and oxygen atoms in total. The first-order chi connectivity index (χ1) is 11.5. The van der Waals surface area contributed by atoms with Crippen LogP contribution in [0.4, 0.5) is 0 Å². The van der Waals surface area contributed by atoms with Crippen LogP contribution in [-0.2, 0) is 23.8 Å². The molecule has 130 valence electrons. The van der Waals surface area contributed by atoms with Crippen molar-refractivity contribution in [2.75, 3.05) is 27.4 Å². The van der Waals surface area contributed by atoms with Gasteiger partial charge in [-0.1, -0.05) is 12.1 Å². The third-order valence-corrected chi connectivity index (χ3v) is 3.01. The van der Waals surface area contributed by atoms with Crippen LogP contribution in [0.3, 0.4) is 0 Å². The van der Waals surface area contributed by atoms with Crippen LogP contribution < -0.4 is 5.32 Å². The summed E-state index contributed by atoms with van der Waals surface area (Å²) in [5, 5.41) is 2.58. The SMILES string of the molecule is COCCNC(=O)[C@H](C)OC(=O)/C=C/c1ccc(C(=O)OC)cc1. The Morgan fingerprint density at radius 1 is 1.17 bits per heavy atom. The van der Waals surface area contributed by atoms with E-state index in [9.17, 15) is 14.4 Å². The fraction of sp³-hybridized carbons (Fsp3) is 0.353. The summed E-state index contributed by atoms with van der Waals surface area (Å²) in [6, 6.07) is 6.50. The van der Waals surface area contributed by atoms with Gasteiger partial charge in [-0.15, -0.1) is 0 Å². The number of esters is 2. The van der Waals surface area contributed by atoms with Gasteiger partial charge in [0.05, 0.1) is 19.3 Å². The highest BCUT2D eigenvalue weighted by atomic mass is 16.5. The summed E-state index contributed by atoms with van der Waals surface area (Å²) in [6.45, 7) is 2.21. The number of nitrogens with one attached hydrogen (secondary N) is 1. The van der Waals surface area contributed by atoms with Crippen LogP contribution in [0, 0.1) is 0 Å². The molecule has 0 aliphatic heterocycles. The maximum Gasteiger partial charge on any atom is 0.337 e. The molecule has 0 unspecified atom stereocenters. The lowest BCUT2D eigenvalue weighted by atomic mass is 10.1. The summed E-state index contributed by atoms with van der Waals surface area (Å²) in [5.41, 5.74) is 1.12. The highest BCUT2D eigenvalue weighted by molar-refractivity contribution is 5.91. The van der Waals surface area contributed by atoms with Crippen molar-refractivity contribution < 1.29 is 28.6 Å². The van der Waals surface area contributed by atoms with Gasteiger partial charge in [-0.3, -0.25) is 4.79 Å². The fourth-order valence-electron chi connectivity index (χ4n) is 1.70. The van der Waals surface area contributed by atoms with Gasteiger partial charge < -0.3 is 19.5 Å². The molecular formula is C17H21NO6. The van der Waals surface area contributed by atoms with E-state index in [2.05, 4.69) is 10.1 Å². The van der Waals surface area contributed by atoms with Crippen LogP contribution in [-0.4, -0.2) is 51.3 Å². The molecule has 0 radical (unpaired) electrons. The van der Waals surface area contributed by atoms with Crippen molar-refractivity contribution in [1.29, 1.82) is 0 Å². The second-order valence-electron chi connectivity index (χ2n) is 4.81. The van der Waals surface area contributed by atoms with Gasteiger partial charge in [-0.25, -0.2) is 9.59 Å². The number of carbonyl (C=O) groups excluding carboxylic acids is 3. The molecule has 0 bridgehead atoms. The summed E-state index contributed by atoms with van der Waals surface area (Å²) in [7, 11) is 2.83. The molecule has 0 fully saturated rings. The Hall–Kier alpha value is -2.67. The lowest BCUT2D eigenvalue weighted by Gasteiger charge is -2.11. The van der Waals surface area contributed by atoms with Crippen LogP contribution in [0.5, 0.6) is 0 Å². The van der Waals surface area contributed by atoms with Crippen molar-refractivity contribution in [2.45, 2.75) is 13.0 Å². The van der Waals surface area contributed by atoms with E-state index in [0.29, 0.717) is 24.3 Å². The van der Waals surface area contributed by atoms with Crippen molar-refractivity contribution >= 4 is 23.9 Å². The van der Waals surface area contributed by atoms with Crippen LogP contribution in [0.15, 0.2) is 30.3 Å². The summed E-state index contributed by atoms with van der Waals surface area (Å²) >= 11 is 0. The third-order valence-electron chi connectivity index (χ3n) is 3.01. The molecule has 0 saturated heterocycles. The second-order valence-corrected chi connectivity index (χ2v) is 4.81. The Kier molecular flexibility index (Phi) is 8.21. The molecule has 0 heterocycles. The van der Waals surface area contributed by atoms with Crippen molar-refractivity contribution in [3.63, 3.8) is 0 Å². The van der Waals surface area contributed by atoms with E-state index < -0.39 is 23.9 Å². The second kappa shape index (κ2) is 10.2. The number of rotatable bonds is 8. The largest absolute Gasteiger partial charge is 0.465 e. The van der Waals surface area contributed by atoms with Crippen LogP contribution in [0.25, 0.3) is 6.08 Å². The zero-order chi connectivity index (χ0) is 17.9.